The highest BCUT2D eigenvalue weighted by molar-refractivity contribution is 6.31. The first-order valence-corrected chi connectivity index (χ1v) is 9.19. The normalized spacial score (nSPS) is 16.0. The molecule has 0 aliphatic carbocycles. The number of ether oxygens (including phenoxy) is 1. The fourth-order valence-electron chi connectivity index (χ4n) is 3.02. The summed E-state index contributed by atoms with van der Waals surface area (Å²) in [4.78, 5) is 19.7. The van der Waals surface area contributed by atoms with Crippen molar-refractivity contribution in [2.45, 2.75) is 26.5 Å². The number of amides is 1. The van der Waals surface area contributed by atoms with Gasteiger partial charge >= 0.3 is 6.09 Å². The maximum absolute atomic E-state index is 11.1. The Labute approximate surface area is 166 Å². The van der Waals surface area contributed by atoms with Gasteiger partial charge in [0, 0.05) is 17.4 Å². The number of aryl methyl sites for hydroxylation is 2. The van der Waals surface area contributed by atoms with E-state index in [0.29, 0.717) is 24.1 Å². The number of nitrogens with zero attached hydrogens (tertiary/aromatic N) is 4. The highest BCUT2D eigenvalue weighted by atomic mass is 35.5. The number of cyclic esters (lactones) is 1. The quantitative estimate of drug-likeness (QED) is 0.683. The SMILES string of the molecule is Cc1cc(Nc2ncc(Cl)c(C)n2)cc(-c2cnn(C[C@@H]3CNC(=O)O3)c2)c1. The Bertz CT molecular complexity index is 1040. The van der Waals surface area contributed by atoms with Crippen LogP contribution in [0.25, 0.3) is 11.1 Å². The van der Waals surface area contributed by atoms with Crippen molar-refractivity contribution < 1.29 is 9.53 Å². The molecule has 1 aromatic carbocycles. The molecule has 28 heavy (non-hydrogen) atoms. The molecular weight excluding hydrogens is 380 g/mol. The molecule has 1 fully saturated rings. The summed E-state index contributed by atoms with van der Waals surface area (Å²) in [7, 11) is 0. The zero-order valence-corrected chi connectivity index (χ0v) is 16.2. The Kier molecular flexibility index (Phi) is 4.87. The fraction of sp³-hybridized carbons (Fsp3) is 0.263. The molecule has 0 unspecified atom stereocenters. The number of anilines is 2. The summed E-state index contributed by atoms with van der Waals surface area (Å²) in [6.07, 6.45) is 4.73. The summed E-state index contributed by atoms with van der Waals surface area (Å²) < 4.78 is 6.94. The number of alkyl carbamates (subject to hydrolysis) is 1. The van der Waals surface area contributed by atoms with Crippen molar-refractivity contribution in [3.8, 4) is 11.1 Å². The molecule has 0 saturated carbocycles. The lowest BCUT2D eigenvalue weighted by atomic mass is 10.1. The third-order valence-corrected chi connectivity index (χ3v) is 4.73. The number of benzene rings is 1. The number of carbonyl (C=O) groups excluding carboxylic acids is 1. The van der Waals surface area contributed by atoms with Crippen LogP contribution in [0, 0.1) is 13.8 Å². The molecule has 8 nitrogen and oxygen atoms in total. The minimum atomic E-state index is -0.383. The molecule has 144 valence electrons. The molecule has 1 aliphatic rings. The van der Waals surface area contributed by atoms with Crippen molar-refractivity contribution in [3.63, 3.8) is 0 Å². The summed E-state index contributed by atoms with van der Waals surface area (Å²) >= 11 is 5.99. The van der Waals surface area contributed by atoms with E-state index < -0.39 is 0 Å². The number of aromatic nitrogens is 4. The highest BCUT2D eigenvalue weighted by Gasteiger charge is 2.23. The van der Waals surface area contributed by atoms with Crippen LogP contribution in [0.5, 0.6) is 0 Å². The molecule has 0 spiro atoms. The first-order valence-electron chi connectivity index (χ1n) is 8.81. The van der Waals surface area contributed by atoms with E-state index in [0.717, 1.165) is 28.1 Å². The average Bonchev–Trinajstić information content (AvgIpc) is 3.27. The molecule has 4 rings (SSSR count). The monoisotopic (exact) mass is 398 g/mol. The second-order valence-corrected chi connectivity index (χ2v) is 7.11. The summed E-state index contributed by atoms with van der Waals surface area (Å²) in [5.41, 5.74) is 4.67. The zero-order chi connectivity index (χ0) is 19.7. The number of rotatable bonds is 5. The molecule has 2 N–H and O–H groups in total. The van der Waals surface area contributed by atoms with Crippen molar-refractivity contribution in [2.24, 2.45) is 0 Å². The Morgan fingerprint density at radius 2 is 2.14 bits per heavy atom. The standard InChI is InChI=1S/C19H19ClN6O2/c1-11-3-13(5-15(4-11)25-18-21-8-17(20)12(2)24-18)14-6-23-26(9-14)10-16-7-22-19(27)28-16/h3-6,8-9,16H,7,10H2,1-2H3,(H,22,27)(H,21,24,25)/t16-/m0/s1. The predicted octanol–water partition coefficient (Wildman–Crippen LogP) is 3.46. The molecule has 1 saturated heterocycles. The van der Waals surface area contributed by atoms with Gasteiger partial charge in [0.1, 0.15) is 6.10 Å². The summed E-state index contributed by atoms with van der Waals surface area (Å²) in [6, 6.07) is 6.11. The van der Waals surface area contributed by atoms with E-state index in [2.05, 4.69) is 31.8 Å². The Balaban J connectivity index is 1.53. The minimum Gasteiger partial charge on any atom is -0.442 e. The number of halogens is 1. The molecule has 2 aromatic heterocycles. The Morgan fingerprint density at radius 1 is 1.29 bits per heavy atom. The van der Waals surface area contributed by atoms with Gasteiger partial charge in [0.25, 0.3) is 0 Å². The summed E-state index contributed by atoms with van der Waals surface area (Å²) in [5.74, 6) is 0.490. The third kappa shape index (κ3) is 4.07. The topological polar surface area (TPSA) is 94.0 Å². The van der Waals surface area contributed by atoms with Crippen LogP contribution in [0.2, 0.25) is 5.02 Å². The van der Waals surface area contributed by atoms with Crippen LogP contribution in [0.15, 0.2) is 36.8 Å². The van der Waals surface area contributed by atoms with Gasteiger partial charge in [-0.15, -0.1) is 0 Å². The van der Waals surface area contributed by atoms with E-state index in [1.807, 2.05) is 32.2 Å². The van der Waals surface area contributed by atoms with Crippen LogP contribution < -0.4 is 10.6 Å². The number of nitrogens with one attached hydrogen (secondary N) is 2. The van der Waals surface area contributed by atoms with Gasteiger partial charge in [0.15, 0.2) is 0 Å². The Hall–Kier alpha value is -3.13. The minimum absolute atomic E-state index is 0.208. The van der Waals surface area contributed by atoms with Gasteiger partial charge in [-0.2, -0.15) is 5.10 Å². The molecule has 1 atom stereocenters. The van der Waals surface area contributed by atoms with Crippen LogP contribution in [0.1, 0.15) is 11.3 Å². The lowest BCUT2D eigenvalue weighted by Crippen LogP contribution is -2.20. The van der Waals surface area contributed by atoms with Crippen molar-refractivity contribution in [2.75, 3.05) is 11.9 Å². The number of hydrogen-bond acceptors (Lipinski definition) is 6. The van der Waals surface area contributed by atoms with Crippen LogP contribution in [-0.4, -0.2) is 38.5 Å². The lowest BCUT2D eigenvalue weighted by Gasteiger charge is -2.09. The molecule has 0 bridgehead atoms. The van der Waals surface area contributed by atoms with Crippen LogP contribution >= 0.6 is 11.6 Å². The second-order valence-electron chi connectivity index (χ2n) is 6.70. The maximum atomic E-state index is 11.1. The van der Waals surface area contributed by atoms with Gasteiger partial charge in [0.05, 0.1) is 36.2 Å². The predicted molar refractivity (Wildman–Crippen MR) is 106 cm³/mol. The second kappa shape index (κ2) is 7.47. The first kappa shape index (κ1) is 18.2. The molecule has 3 aromatic rings. The van der Waals surface area contributed by atoms with Crippen LogP contribution in [0.3, 0.4) is 0 Å². The van der Waals surface area contributed by atoms with Gasteiger partial charge in [-0.25, -0.2) is 14.8 Å². The number of hydrogen-bond donors (Lipinski definition) is 2. The zero-order valence-electron chi connectivity index (χ0n) is 15.4. The highest BCUT2D eigenvalue weighted by Crippen LogP contribution is 2.26. The van der Waals surface area contributed by atoms with Crippen LogP contribution in [0.4, 0.5) is 16.4 Å². The lowest BCUT2D eigenvalue weighted by molar-refractivity contribution is 0.129. The van der Waals surface area contributed by atoms with E-state index in [1.165, 1.54) is 0 Å². The molecule has 1 amide bonds. The van der Waals surface area contributed by atoms with Gasteiger partial charge in [-0.3, -0.25) is 4.68 Å². The first-order chi connectivity index (χ1) is 13.5. The van der Waals surface area contributed by atoms with Crippen molar-refractivity contribution in [1.29, 1.82) is 0 Å². The van der Waals surface area contributed by atoms with Crippen molar-refractivity contribution >= 4 is 29.3 Å². The van der Waals surface area contributed by atoms with E-state index >= 15 is 0 Å². The largest absolute Gasteiger partial charge is 0.442 e. The summed E-state index contributed by atoms with van der Waals surface area (Å²) in [5, 5.41) is 10.8. The maximum Gasteiger partial charge on any atom is 0.407 e. The molecule has 3 heterocycles. The van der Waals surface area contributed by atoms with Gasteiger partial charge in [-0.1, -0.05) is 17.7 Å². The molecule has 9 heteroatoms. The van der Waals surface area contributed by atoms with E-state index in [-0.39, 0.29) is 12.2 Å². The summed E-state index contributed by atoms with van der Waals surface area (Å²) in [6.45, 7) is 4.86. The van der Waals surface area contributed by atoms with Crippen molar-refractivity contribution in [3.05, 3.63) is 53.1 Å². The fourth-order valence-corrected chi connectivity index (χ4v) is 3.11. The van der Waals surface area contributed by atoms with Crippen LogP contribution in [-0.2, 0) is 11.3 Å². The van der Waals surface area contributed by atoms with Gasteiger partial charge in [-0.05, 0) is 37.1 Å². The van der Waals surface area contributed by atoms with Gasteiger partial charge < -0.3 is 15.4 Å². The van der Waals surface area contributed by atoms with E-state index in [9.17, 15) is 4.79 Å². The van der Waals surface area contributed by atoms with E-state index in [4.69, 9.17) is 16.3 Å². The molecule has 0 radical (unpaired) electrons. The average molecular weight is 399 g/mol. The Morgan fingerprint density at radius 3 is 2.89 bits per heavy atom. The smallest absolute Gasteiger partial charge is 0.407 e. The van der Waals surface area contributed by atoms with Gasteiger partial charge in [0.2, 0.25) is 5.95 Å². The number of carbonyl (C=O) groups is 1. The third-order valence-electron chi connectivity index (χ3n) is 4.36. The van der Waals surface area contributed by atoms with E-state index in [1.54, 1.807) is 17.1 Å². The molecular formula is C19H19ClN6O2. The van der Waals surface area contributed by atoms with Crippen molar-refractivity contribution in [1.82, 2.24) is 25.1 Å². The molecule has 1 aliphatic heterocycles.